The summed E-state index contributed by atoms with van der Waals surface area (Å²) in [4.78, 5) is 40.9. The van der Waals surface area contributed by atoms with Gasteiger partial charge in [-0.05, 0) is 67.8 Å². The lowest BCUT2D eigenvalue weighted by Crippen LogP contribution is -2.37. The van der Waals surface area contributed by atoms with E-state index in [9.17, 15) is 18.0 Å². The molecular weight excluding hydrogens is 671 g/mol. The zero-order chi connectivity index (χ0) is 36.0. The van der Waals surface area contributed by atoms with E-state index in [1.54, 1.807) is 48.4 Å². The third-order valence-electron chi connectivity index (χ3n) is 8.88. The van der Waals surface area contributed by atoms with Crippen molar-refractivity contribution in [1.82, 2.24) is 24.3 Å². The minimum absolute atomic E-state index is 0.0853. The Morgan fingerprint density at radius 3 is 2.29 bits per heavy atom. The van der Waals surface area contributed by atoms with Crippen molar-refractivity contribution in [3.8, 4) is 28.6 Å². The van der Waals surface area contributed by atoms with Gasteiger partial charge in [0.25, 0.3) is 11.8 Å². The summed E-state index contributed by atoms with van der Waals surface area (Å²) in [7, 11) is -0.346. The van der Waals surface area contributed by atoms with Crippen LogP contribution in [-0.4, -0.2) is 97.8 Å². The van der Waals surface area contributed by atoms with Crippen molar-refractivity contribution in [2.45, 2.75) is 30.7 Å². The first-order chi connectivity index (χ1) is 24.7. The fourth-order valence-corrected chi connectivity index (χ4v) is 6.87. The van der Waals surface area contributed by atoms with Crippen LogP contribution < -0.4 is 14.2 Å². The van der Waals surface area contributed by atoms with Crippen molar-refractivity contribution in [1.29, 1.82) is 0 Å². The molecule has 12 nitrogen and oxygen atoms in total. The second kappa shape index (κ2) is 15.6. The van der Waals surface area contributed by atoms with Crippen LogP contribution in [0.4, 0.5) is 0 Å². The Balaban J connectivity index is 1.31. The monoisotopic (exact) mass is 711 g/mol. The van der Waals surface area contributed by atoms with Crippen molar-refractivity contribution in [2.75, 3.05) is 53.3 Å². The maximum atomic E-state index is 14.2. The molecule has 0 atom stereocenters. The Morgan fingerprint density at radius 1 is 0.784 bits per heavy atom. The molecule has 1 aliphatic heterocycles. The minimum atomic E-state index is -3.50. The molecule has 2 bridgehead atoms. The summed E-state index contributed by atoms with van der Waals surface area (Å²) in [5, 5.41) is 0.818. The zero-order valence-electron chi connectivity index (χ0n) is 28.9. The molecular formula is C38H41N5O7S. The molecule has 5 aromatic rings. The third kappa shape index (κ3) is 8.15. The molecule has 6 rings (SSSR count). The van der Waals surface area contributed by atoms with Gasteiger partial charge < -0.3 is 28.6 Å². The molecule has 0 fully saturated rings. The highest BCUT2D eigenvalue weighted by Gasteiger charge is 2.22. The molecule has 0 saturated carbocycles. The molecule has 0 unspecified atom stereocenters. The lowest BCUT2D eigenvalue weighted by molar-refractivity contribution is 0.0711. The van der Waals surface area contributed by atoms with Crippen molar-refractivity contribution >= 4 is 32.6 Å². The average molecular weight is 712 g/mol. The van der Waals surface area contributed by atoms with Crippen molar-refractivity contribution in [2.24, 2.45) is 0 Å². The normalized spacial score (nSPS) is 14.6. The van der Waals surface area contributed by atoms with Crippen LogP contribution in [-0.2, 0) is 16.4 Å². The van der Waals surface area contributed by atoms with E-state index >= 15 is 0 Å². The predicted molar refractivity (Wildman–Crippen MR) is 193 cm³/mol. The first kappa shape index (κ1) is 35.4. The number of nitrogens with zero attached hydrogens (tertiary/aromatic N) is 5. The van der Waals surface area contributed by atoms with Crippen LogP contribution in [0.1, 0.15) is 40.1 Å². The Kier molecular flexibility index (Phi) is 10.8. The Labute approximate surface area is 297 Å². The molecule has 0 radical (unpaired) electrons. The summed E-state index contributed by atoms with van der Waals surface area (Å²) in [5.41, 5.74) is 2.05. The van der Waals surface area contributed by atoms with Crippen molar-refractivity contribution in [3.05, 3.63) is 96.4 Å². The number of sulfone groups is 1. The minimum Gasteiger partial charge on any atom is -0.496 e. The molecule has 51 heavy (non-hydrogen) atoms. The van der Waals surface area contributed by atoms with Crippen LogP contribution in [0.15, 0.2) is 90.1 Å². The van der Waals surface area contributed by atoms with Gasteiger partial charge in [0, 0.05) is 74.0 Å². The Morgan fingerprint density at radius 2 is 1.53 bits per heavy atom. The number of pyridine rings is 1. The van der Waals surface area contributed by atoms with E-state index in [-0.39, 0.29) is 22.4 Å². The van der Waals surface area contributed by atoms with Gasteiger partial charge in [-0.1, -0.05) is 18.2 Å². The number of rotatable bonds is 5. The summed E-state index contributed by atoms with van der Waals surface area (Å²) >= 11 is 0. The summed E-state index contributed by atoms with van der Waals surface area (Å²) in [5.74, 6) is 1.89. The van der Waals surface area contributed by atoms with Crippen LogP contribution in [0.3, 0.4) is 0 Å². The quantitative estimate of drug-likeness (QED) is 0.236. The number of carbonyl (C=O) groups is 2. The standard InChI is InChI=1S/C38H41N5O7S/c1-48-33-15-14-27-25-35(33)50-23-9-19-42(37(44)28-10-8-11-29(24-28)51(3,46)47)17-6-7-18-43(22-21-41-20-16-39-36(27)41)38(45)32-26-34(49-2)30-12-4-5-13-31(30)40-32/h4-5,8,10-16,20,24-26H,6-7,9,17-19,21-23H2,1-3H3. The van der Waals surface area contributed by atoms with E-state index in [1.165, 1.54) is 12.1 Å². The molecule has 0 N–H and O–H groups in total. The molecule has 266 valence electrons. The maximum absolute atomic E-state index is 14.2. The Hall–Kier alpha value is -5.43. The second-order valence-corrected chi connectivity index (χ2v) is 14.3. The van der Waals surface area contributed by atoms with Crippen LogP contribution in [0.5, 0.6) is 17.2 Å². The molecule has 0 spiro atoms. The number of aromatic nitrogens is 3. The SMILES string of the molecule is COc1ccc2cc1OCCCN(C(=O)c1cccc(S(C)(=O)=O)c1)CCCCN(C(=O)c1cc(OC)c3ccccc3n1)CCn1ccnc1-2. The average Bonchev–Trinajstić information content (AvgIpc) is 3.62. The van der Waals surface area contributed by atoms with Gasteiger partial charge >= 0.3 is 0 Å². The predicted octanol–water partition coefficient (Wildman–Crippen LogP) is 5.37. The highest BCUT2D eigenvalue weighted by atomic mass is 32.2. The number of amides is 2. The van der Waals surface area contributed by atoms with E-state index in [0.717, 1.165) is 23.0 Å². The number of fused-ring (bicyclic) bond motifs is 5. The van der Waals surface area contributed by atoms with Gasteiger partial charge in [0.1, 0.15) is 17.3 Å². The first-order valence-electron chi connectivity index (χ1n) is 16.8. The highest BCUT2D eigenvalue weighted by Crippen LogP contribution is 2.32. The topological polar surface area (TPSA) is 133 Å². The third-order valence-corrected chi connectivity index (χ3v) is 10.00. The highest BCUT2D eigenvalue weighted by molar-refractivity contribution is 7.90. The number of benzene rings is 3. The molecule has 0 saturated heterocycles. The molecule has 13 heteroatoms. The van der Waals surface area contributed by atoms with Gasteiger partial charge in [0.2, 0.25) is 0 Å². The summed E-state index contributed by atoms with van der Waals surface area (Å²) < 4.78 is 43.9. The van der Waals surface area contributed by atoms with E-state index in [4.69, 9.17) is 19.2 Å². The van der Waals surface area contributed by atoms with E-state index in [1.807, 2.05) is 53.2 Å². The van der Waals surface area contributed by atoms with Crippen molar-refractivity contribution in [3.63, 3.8) is 0 Å². The molecule has 2 aromatic heterocycles. The number of methoxy groups -OCH3 is 2. The number of carbonyl (C=O) groups excluding carboxylic acids is 2. The van der Waals surface area contributed by atoms with Gasteiger partial charge in [-0.15, -0.1) is 0 Å². The summed E-state index contributed by atoms with van der Waals surface area (Å²) in [6, 6.07) is 20.9. The number of ether oxygens (including phenoxy) is 3. The van der Waals surface area contributed by atoms with Gasteiger partial charge in [0.15, 0.2) is 21.3 Å². The smallest absolute Gasteiger partial charge is 0.272 e. The lowest BCUT2D eigenvalue weighted by atomic mass is 10.1. The number of hydrogen-bond donors (Lipinski definition) is 0. The zero-order valence-corrected chi connectivity index (χ0v) is 29.8. The molecule has 1 aliphatic rings. The number of para-hydroxylation sites is 1. The molecule has 3 aromatic carbocycles. The van der Waals surface area contributed by atoms with Crippen LogP contribution in [0, 0.1) is 0 Å². The number of imidazole rings is 1. The van der Waals surface area contributed by atoms with Gasteiger partial charge in [-0.25, -0.2) is 18.4 Å². The molecule has 0 aliphatic carbocycles. The fourth-order valence-electron chi connectivity index (χ4n) is 6.21. The largest absolute Gasteiger partial charge is 0.496 e. The summed E-state index contributed by atoms with van der Waals surface area (Å²) in [6.07, 6.45) is 6.46. The summed E-state index contributed by atoms with van der Waals surface area (Å²) in [6.45, 7) is 2.34. The van der Waals surface area contributed by atoms with E-state index in [2.05, 4.69) is 4.98 Å². The van der Waals surface area contributed by atoms with Gasteiger partial charge in [-0.3, -0.25) is 9.59 Å². The second-order valence-electron chi connectivity index (χ2n) is 12.3. The number of hydrogen-bond acceptors (Lipinski definition) is 9. The lowest BCUT2D eigenvalue weighted by Gasteiger charge is -2.26. The Bertz CT molecular complexity index is 2150. The fraction of sp³-hybridized carbons (Fsp3) is 0.316. The van der Waals surface area contributed by atoms with E-state index < -0.39 is 9.84 Å². The van der Waals surface area contributed by atoms with Crippen LogP contribution in [0.2, 0.25) is 0 Å². The maximum Gasteiger partial charge on any atom is 0.272 e. The first-order valence-corrected chi connectivity index (χ1v) is 18.7. The van der Waals surface area contributed by atoms with E-state index in [0.29, 0.717) is 86.9 Å². The van der Waals surface area contributed by atoms with Crippen molar-refractivity contribution < 1.29 is 32.2 Å². The molecule has 2 amide bonds. The van der Waals surface area contributed by atoms with Gasteiger partial charge in [0.05, 0.1) is 31.2 Å². The molecule has 3 heterocycles. The van der Waals surface area contributed by atoms with Crippen LogP contribution in [0.25, 0.3) is 22.3 Å². The van der Waals surface area contributed by atoms with Gasteiger partial charge in [-0.2, -0.15) is 0 Å². The van der Waals surface area contributed by atoms with Crippen LogP contribution >= 0.6 is 0 Å².